The summed E-state index contributed by atoms with van der Waals surface area (Å²) in [4.78, 5) is 27.6. The van der Waals surface area contributed by atoms with Gasteiger partial charge in [-0.15, -0.1) is 0 Å². The highest BCUT2D eigenvalue weighted by molar-refractivity contribution is 5.89. The standard InChI is InChI=1S/C19H22N6O2/c1-11-9-12(18(26)27)7-8-14(11)23-19-24-16-15(20-10-21-16)17(25-19)22-13-5-3-2-4-6-13/h7-10,13H,2-6H2,1H3,(H,26,27)(H3,20,21,22,23,24,25). The molecule has 2 heterocycles. The number of hydrogen-bond acceptors (Lipinski definition) is 6. The molecule has 1 aromatic carbocycles. The molecular formula is C19H22N6O2. The third-order valence-electron chi connectivity index (χ3n) is 4.95. The molecule has 0 bridgehead atoms. The lowest BCUT2D eigenvalue weighted by molar-refractivity contribution is 0.0697. The van der Waals surface area contributed by atoms with Crippen molar-refractivity contribution in [3.8, 4) is 0 Å². The first-order valence-electron chi connectivity index (χ1n) is 9.19. The van der Waals surface area contributed by atoms with E-state index in [1.54, 1.807) is 24.5 Å². The van der Waals surface area contributed by atoms with Gasteiger partial charge in [0.05, 0.1) is 11.9 Å². The minimum atomic E-state index is -0.946. The van der Waals surface area contributed by atoms with Crippen LogP contribution in [0.3, 0.4) is 0 Å². The van der Waals surface area contributed by atoms with Gasteiger partial charge in [0, 0.05) is 11.7 Å². The summed E-state index contributed by atoms with van der Waals surface area (Å²) in [5.41, 5.74) is 3.21. The molecule has 1 aliphatic carbocycles. The number of carbonyl (C=O) groups is 1. The van der Waals surface area contributed by atoms with Gasteiger partial charge in [-0.2, -0.15) is 9.97 Å². The summed E-state index contributed by atoms with van der Waals surface area (Å²) in [6.45, 7) is 1.85. The first-order valence-corrected chi connectivity index (χ1v) is 9.19. The van der Waals surface area contributed by atoms with Gasteiger partial charge in [0.2, 0.25) is 5.95 Å². The maximum atomic E-state index is 11.1. The van der Waals surface area contributed by atoms with E-state index in [4.69, 9.17) is 5.11 Å². The number of aromatic nitrogens is 4. The van der Waals surface area contributed by atoms with E-state index in [1.807, 2.05) is 6.92 Å². The van der Waals surface area contributed by atoms with Crippen molar-refractivity contribution in [2.45, 2.75) is 45.1 Å². The molecule has 0 amide bonds. The molecule has 0 spiro atoms. The van der Waals surface area contributed by atoms with Crippen LogP contribution in [0.2, 0.25) is 0 Å². The summed E-state index contributed by atoms with van der Waals surface area (Å²) < 4.78 is 0. The first kappa shape index (κ1) is 17.3. The number of anilines is 3. The van der Waals surface area contributed by atoms with Gasteiger partial charge in [0.1, 0.15) is 5.52 Å². The van der Waals surface area contributed by atoms with E-state index >= 15 is 0 Å². The number of aromatic amines is 1. The normalized spacial score (nSPS) is 15.0. The Bertz CT molecular complexity index is 977. The average Bonchev–Trinajstić information content (AvgIpc) is 3.13. The van der Waals surface area contributed by atoms with Crippen LogP contribution in [0.15, 0.2) is 24.5 Å². The molecule has 1 aliphatic rings. The molecule has 8 nitrogen and oxygen atoms in total. The predicted octanol–water partition coefficient (Wildman–Crippen LogP) is 3.85. The fourth-order valence-electron chi connectivity index (χ4n) is 3.49. The highest BCUT2D eigenvalue weighted by Crippen LogP contribution is 2.26. The lowest BCUT2D eigenvalue weighted by Crippen LogP contribution is -2.23. The Hall–Kier alpha value is -3.16. The molecule has 4 N–H and O–H groups in total. The van der Waals surface area contributed by atoms with E-state index in [0.717, 1.165) is 35.4 Å². The third kappa shape index (κ3) is 3.69. The number of benzene rings is 1. The van der Waals surface area contributed by atoms with Gasteiger partial charge in [0.15, 0.2) is 11.5 Å². The minimum absolute atomic E-state index is 0.251. The Balaban J connectivity index is 1.63. The lowest BCUT2D eigenvalue weighted by Gasteiger charge is -2.23. The Labute approximate surface area is 156 Å². The smallest absolute Gasteiger partial charge is 0.335 e. The number of H-pyrrole nitrogens is 1. The Morgan fingerprint density at radius 3 is 2.78 bits per heavy atom. The Morgan fingerprint density at radius 1 is 1.22 bits per heavy atom. The SMILES string of the molecule is Cc1cc(C(=O)O)ccc1Nc1nc(NC2CCCCC2)c2[nH]cnc2n1. The number of carboxylic acid groups (broad SMARTS) is 1. The summed E-state index contributed by atoms with van der Waals surface area (Å²) in [7, 11) is 0. The van der Waals surface area contributed by atoms with Crippen LogP contribution in [-0.2, 0) is 0 Å². The van der Waals surface area contributed by atoms with E-state index in [0.29, 0.717) is 17.6 Å². The molecule has 1 saturated carbocycles. The topological polar surface area (TPSA) is 116 Å². The molecule has 0 radical (unpaired) electrons. The van der Waals surface area contributed by atoms with E-state index in [1.165, 1.54) is 19.3 Å². The maximum Gasteiger partial charge on any atom is 0.335 e. The van der Waals surface area contributed by atoms with Crippen molar-refractivity contribution in [2.24, 2.45) is 0 Å². The van der Waals surface area contributed by atoms with E-state index in [-0.39, 0.29) is 5.56 Å². The Kier molecular flexibility index (Phi) is 4.62. The van der Waals surface area contributed by atoms with Crippen molar-refractivity contribution in [3.63, 3.8) is 0 Å². The van der Waals surface area contributed by atoms with Crippen LogP contribution in [0.1, 0.15) is 48.0 Å². The molecule has 1 fully saturated rings. The number of imidazole rings is 1. The Morgan fingerprint density at radius 2 is 2.04 bits per heavy atom. The second-order valence-corrected chi connectivity index (χ2v) is 6.94. The number of nitrogens with one attached hydrogen (secondary N) is 3. The first-order chi connectivity index (χ1) is 13.1. The molecular weight excluding hydrogens is 344 g/mol. The van der Waals surface area contributed by atoms with Crippen molar-refractivity contribution in [3.05, 3.63) is 35.7 Å². The van der Waals surface area contributed by atoms with Gasteiger partial charge in [-0.25, -0.2) is 9.78 Å². The van der Waals surface area contributed by atoms with Crippen LogP contribution in [0.5, 0.6) is 0 Å². The van der Waals surface area contributed by atoms with Crippen molar-refractivity contribution in [2.75, 3.05) is 10.6 Å². The highest BCUT2D eigenvalue weighted by atomic mass is 16.4. The maximum absolute atomic E-state index is 11.1. The van der Waals surface area contributed by atoms with E-state index < -0.39 is 5.97 Å². The van der Waals surface area contributed by atoms with E-state index in [2.05, 4.69) is 30.6 Å². The van der Waals surface area contributed by atoms with Gasteiger partial charge in [0.25, 0.3) is 0 Å². The van der Waals surface area contributed by atoms with Gasteiger partial charge in [-0.3, -0.25) is 0 Å². The van der Waals surface area contributed by atoms with Crippen LogP contribution >= 0.6 is 0 Å². The summed E-state index contributed by atoms with van der Waals surface area (Å²) >= 11 is 0. The number of aromatic carboxylic acids is 1. The lowest BCUT2D eigenvalue weighted by atomic mass is 9.95. The van der Waals surface area contributed by atoms with Gasteiger partial charge < -0.3 is 20.7 Å². The van der Waals surface area contributed by atoms with Crippen molar-refractivity contribution >= 4 is 34.6 Å². The molecule has 2 aromatic heterocycles. The fourth-order valence-corrected chi connectivity index (χ4v) is 3.49. The van der Waals surface area contributed by atoms with Crippen molar-refractivity contribution in [1.29, 1.82) is 0 Å². The van der Waals surface area contributed by atoms with Crippen LogP contribution in [-0.4, -0.2) is 37.1 Å². The van der Waals surface area contributed by atoms with Crippen LogP contribution in [0.25, 0.3) is 11.2 Å². The molecule has 8 heteroatoms. The van der Waals surface area contributed by atoms with Crippen molar-refractivity contribution < 1.29 is 9.90 Å². The monoisotopic (exact) mass is 366 g/mol. The second kappa shape index (κ2) is 7.22. The third-order valence-corrected chi connectivity index (χ3v) is 4.95. The molecule has 0 aliphatic heterocycles. The van der Waals surface area contributed by atoms with Gasteiger partial charge in [-0.05, 0) is 43.5 Å². The summed E-state index contributed by atoms with van der Waals surface area (Å²) in [5.74, 6) is 0.226. The predicted molar refractivity (Wildman–Crippen MR) is 104 cm³/mol. The van der Waals surface area contributed by atoms with Crippen molar-refractivity contribution in [1.82, 2.24) is 19.9 Å². The number of hydrogen-bond donors (Lipinski definition) is 4. The molecule has 3 aromatic rings. The summed E-state index contributed by atoms with van der Waals surface area (Å²) in [6.07, 6.45) is 7.64. The number of rotatable bonds is 5. The molecule has 0 saturated heterocycles. The molecule has 0 atom stereocenters. The van der Waals surface area contributed by atoms with Crippen LogP contribution in [0, 0.1) is 6.92 Å². The van der Waals surface area contributed by atoms with Crippen LogP contribution in [0.4, 0.5) is 17.5 Å². The quantitative estimate of drug-likeness (QED) is 0.542. The summed E-state index contributed by atoms with van der Waals surface area (Å²) in [6, 6.07) is 5.32. The zero-order valence-corrected chi connectivity index (χ0v) is 15.1. The number of aryl methyl sites for hydroxylation is 1. The number of nitrogens with zero attached hydrogens (tertiary/aromatic N) is 3. The molecule has 140 valence electrons. The molecule has 27 heavy (non-hydrogen) atoms. The zero-order chi connectivity index (χ0) is 18.8. The summed E-state index contributed by atoms with van der Waals surface area (Å²) in [5, 5.41) is 15.8. The average molecular weight is 366 g/mol. The zero-order valence-electron chi connectivity index (χ0n) is 15.1. The molecule has 4 rings (SSSR count). The largest absolute Gasteiger partial charge is 0.478 e. The van der Waals surface area contributed by atoms with E-state index in [9.17, 15) is 4.79 Å². The van der Waals surface area contributed by atoms with Crippen LogP contribution < -0.4 is 10.6 Å². The minimum Gasteiger partial charge on any atom is -0.478 e. The fraction of sp³-hybridized carbons (Fsp3) is 0.368. The van der Waals surface area contributed by atoms with Gasteiger partial charge >= 0.3 is 5.97 Å². The highest BCUT2D eigenvalue weighted by Gasteiger charge is 2.17. The number of carboxylic acids is 1. The second-order valence-electron chi connectivity index (χ2n) is 6.94. The number of fused-ring (bicyclic) bond motifs is 1. The van der Waals surface area contributed by atoms with Gasteiger partial charge in [-0.1, -0.05) is 19.3 Å². The molecule has 0 unspecified atom stereocenters.